The van der Waals surface area contributed by atoms with Crippen LogP contribution in [0.25, 0.3) is 11.3 Å². The highest BCUT2D eigenvalue weighted by molar-refractivity contribution is 7.09. The van der Waals surface area contributed by atoms with Gasteiger partial charge in [0.2, 0.25) is 5.91 Å². The molecule has 144 valence electrons. The van der Waals surface area contributed by atoms with Gasteiger partial charge < -0.3 is 10.0 Å². The molecule has 1 saturated heterocycles. The predicted molar refractivity (Wildman–Crippen MR) is 105 cm³/mol. The van der Waals surface area contributed by atoms with E-state index in [-0.39, 0.29) is 18.5 Å². The van der Waals surface area contributed by atoms with E-state index in [4.69, 9.17) is 10.1 Å². The maximum absolute atomic E-state index is 11.8. The molecule has 0 aliphatic carbocycles. The Morgan fingerprint density at radius 1 is 1.26 bits per heavy atom. The van der Waals surface area contributed by atoms with Gasteiger partial charge in [0.25, 0.3) is 0 Å². The summed E-state index contributed by atoms with van der Waals surface area (Å²) in [6.07, 6.45) is 2.59. The van der Waals surface area contributed by atoms with E-state index in [1.54, 1.807) is 11.3 Å². The first kappa shape index (κ1) is 19.5. The Morgan fingerprint density at radius 3 is 2.74 bits per heavy atom. The smallest absolute Gasteiger partial charge is 0.323 e. The molecule has 1 aliphatic rings. The normalized spacial score (nSPS) is 18.0. The molecule has 1 N–H and O–H groups in total. The van der Waals surface area contributed by atoms with Crippen LogP contribution in [-0.2, 0) is 16.1 Å². The minimum absolute atomic E-state index is 0.000209. The van der Waals surface area contributed by atoms with Crippen LogP contribution in [0.3, 0.4) is 0 Å². The number of carbonyl (C=O) groups is 2. The van der Waals surface area contributed by atoms with E-state index in [9.17, 15) is 9.59 Å². The summed E-state index contributed by atoms with van der Waals surface area (Å²) < 4.78 is 0. The zero-order chi connectivity index (χ0) is 19.2. The number of carbonyl (C=O) groups excluding carboxylic acids is 1. The second-order valence-corrected chi connectivity index (χ2v) is 7.84. The summed E-state index contributed by atoms with van der Waals surface area (Å²) >= 11 is 1.67. The number of hydrogen-bond acceptors (Lipinski definition) is 5. The van der Waals surface area contributed by atoms with Crippen LogP contribution in [0.4, 0.5) is 0 Å². The van der Waals surface area contributed by atoms with Crippen molar-refractivity contribution in [3.8, 4) is 11.3 Å². The van der Waals surface area contributed by atoms with Crippen molar-refractivity contribution in [1.82, 2.24) is 14.8 Å². The van der Waals surface area contributed by atoms with Gasteiger partial charge >= 0.3 is 5.97 Å². The number of aromatic nitrogens is 1. The summed E-state index contributed by atoms with van der Waals surface area (Å²) in [5, 5.41) is 12.2. The average Bonchev–Trinajstić information content (AvgIpc) is 2.99. The van der Waals surface area contributed by atoms with Crippen LogP contribution in [0.15, 0.2) is 35.7 Å². The van der Waals surface area contributed by atoms with Gasteiger partial charge in [0.15, 0.2) is 0 Å². The molecule has 27 heavy (non-hydrogen) atoms. The molecule has 7 heteroatoms. The average molecular weight is 388 g/mol. The van der Waals surface area contributed by atoms with E-state index < -0.39 is 5.97 Å². The summed E-state index contributed by atoms with van der Waals surface area (Å²) in [6, 6.07) is 10.2. The van der Waals surface area contributed by atoms with E-state index in [1.807, 2.05) is 18.2 Å². The molecule has 6 nitrogen and oxygen atoms in total. The van der Waals surface area contributed by atoms with Crippen molar-refractivity contribution in [3.05, 3.63) is 40.7 Å². The first-order valence-corrected chi connectivity index (χ1v) is 10.1. The van der Waals surface area contributed by atoms with Crippen LogP contribution >= 0.6 is 11.3 Å². The molecule has 2 heterocycles. The van der Waals surface area contributed by atoms with Gasteiger partial charge in [-0.1, -0.05) is 30.3 Å². The van der Waals surface area contributed by atoms with Crippen molar-refractivity contribution in [3.63, 3.8) is 0 Å². The first-order valence-electron chi connectivity index (χ1n) is 9.24. The van der Waals surface area contributed by atoms with E-state index in [0.29, 0.717) is 0 Å². The Morgan fingerprint density at radius 2 is 2.04 bits per heavy atom. The molecule has 1 unspecified atom stereocenters. The number of aliphatic carboxylic acids is 1. The maximum Gasteiger partial charge on any atom is 0.323 e. The lowest BCUT2D eigenvalue weighted by atomic mass is 10.1. The Hall–Kier alpha value is -2.25. The summed E-state index contributed by atoms with van der Waals surface area (Å²) in [4.78, 5) is 31.5. The van der Waals surface area contributed by atoms with E-state index in [2.05, 4.69) is 22.4 Å². The van der Waals surface area contributed by atoms with Gasteiger partial charge in [-0.3, -0.25) is 14.5 Å². The lowest BCUT2D eigenvalue weighted by Crippen LogP contribution is -2.42. The highest BCUT2D eigenvalue weighted by Crippen LogP contribution is 2.24. The monoisotopic (exact) mass is 387 g/mol. The number of carboxylic acids is 1. The van der Waals surface area contributed by atoms with Gasteiger partial charge in [0, 0.05) is 30.5 Å². The Labute approximate surface area is 163 Å². The fraction of sp³-hybridized carbons (Fsp3) is 0.450. The van der Waals surface area contributed by atoms with Crippen molar-refractivity contribution < 1.29 is 14.7 Å². The summed E-state index contributed by atoms with van der Waals surface area (Å²) in [5.41, 5.74) is 2.13. The van der Waals surface area contributed by atoms with Crippen molar-refractivity contribution in [1.29, 1.82) is 0 Å². The molecule has 1 aliphatic heterocycles. The van der Waals surface area contributed by atoms with Gasteiger partial charge in [0.05, 0.1) is 12.2 Å². The molecular formula is C20H25N3O3S. The molecule has 0 radical (unpaired) electrons. The summed E-state index contributed by atoms with van der Waals surface area (Å²) in [5.74, 6) is -1.12. The van der Waals surface area contributed by atoms with Crippen LogP contribution in [0.5, 0.6) is 0 Å². The molecule has 0 bridgehead atoms. The Bertz CT molecular complexity index is 778. The van der Waals surface area contributed by atoms with Crippen molar-refractivity contribution >= 4 is 23.2 Å². The quantitative estimate of drug-likeness (QED) is 0.824. The third kappa shape index (κ3) is 5.37. The topological polar surface area (TPSA) is 73.7 Å². The molecular weight excluding hydrogens is 362 g/mol. The fourth-order valence-corrected chi connectivity index (χ4v) is 4.41. The van der Waals surface area contributed by atoms with Crippen LogP contribution in [0.1, 0.15) is 31.2 Å². The molecule has 3 rings (SSSR count). The largest absolute Gasteiger partial charge is 0.480 e. The molecule has 1 atom stereocenters. The minimum atomic E-state index is -0.956. The van der Waals surface area contributed by atoms with Gasteiger partial charge in [-0.2, -0.15) is 0 Å². The fourth-order valence-electron chi connectivity index (χ4n) is 3.57. The number of nitrogens with zero attached hydrogens (tertiary/aromatic N) is 3. The molecule has 1 amide bonds. The second kappa shape index (κ2) is 9.10. The predicted octanol–water partition coefficient (Wildman–Crippen LogP) is 3.10. The van der Waals surface area contributed by atoms with Crippen molar-refractivity contribution in [2.24, 2.45) is 0 Å². The van der Waals surface area contributed by atoms with E-state index in [1.165, 1.54) is 11.8 Å². The Balaban J connectivity index is 1.59. The van der Waals surface area contributed by atoms with Crippen molar-refractivity contribution in [2.45, 2.75) is 38.8 Å². The molecule has 1 fully saturated rings. The van der Waals surface area contributed by atoms with Crippen LogP contribution in [0, 0.1) is 0 Å². The van der Waals surface area contributed by atoms with Gasteiger partial charge in [-0.25, -0.2) is 4.98 Å². The third-order valence-corrected chi connectivity index (χ3v) is 5.75. The van der Waals surface area contributed by atoms with Gasteiger partial charge in [-0.15, -0.1) is 11.3 Å². The lowest BCUT2D eigenvalue weighted by molar-refractivity contribution is -0.145. The zero-order valence-electron chi connectivity index (χ0n) is 15.5. The SMILES string of the molecule is CC(=O)N(CC(=O)O)C1CCCN(Cc2nc(-c3ccccc3)cs2)CC1. The van der Waals surface area contributed by atoms with Crippen LogP contribution < -0.4 is 0 Å². The van der Waals surface area contributed by atoms with Gasteiger partial charge in [-0.05, 0) is 25.8 Å². The number of hydrogen-bond donors (Lipinski definition) is 1. The first-order chi connectivity index (χ1) is 13.0. The number of benzene rings is 1. The van der Waals surface area contributed by atoms with Crippen LogP contribution in [-0.4, -0.2) is 57.4 Å². The Kier molecular flexibility index (Phi) is 6.58. The number of carboxylic acid groups (broad SMARTS) is 1. The van der Waals surface area contributed by atoms with E-state index >= 15 is 0 Å². The standard InChI is InChI=1S/C20H25N3O3S/c1-15(24)23(13-20(25)26)17-8-5-10-22(11-9-17)12-19-21-18(14-27-19)16-6-3-2-4-7-16/h2-4,6-7,14,17H,5,8-13H2,1H3,(H,25,26). The number of thiazole rings is 1. The van der Waals surface area contributed by atoms with E-state index in [0.717, 1.165) is 55.2 Å². The van der Waals surface area contributed by atoms with Crippen molar-refractivity contribution in [2.75, 3.05) is 19.6 Å². The molecule has 0 spiro atoms. The minimum Gasteiger partial charge on any atom is -0.480 e. The van der Waals surface area contributed by atoms with Gasteiger partial charge in [0.1, 0.15) is 11.6 Å². The number of likely N-dealkylation sites (tertiary alicyclic amines) is 1. The molecule has 0 saturated carbocycles. The number of amides is 1. The second-order valence-electron chi connectivity index (χ2n) is 6.89. The van der Waals surface area contributed by atoms with Crippen LogP contribution in [0.2, 0.25) is 0 Å². The summed E-state index contributed by atoms with van der Waals surface area (Å²) in [6.45, 7) is 3.81. The highest BCUT2D eigenvalue weighted by atomic mass is 32.1. The highest BCUT2D eigenvalue weighted by Gasteiger charge is 2.26. The molecule has 1 aromatic heterocycles. The third-order valence-electron chi connectivity index (χ3n) is 4.92. The molecule has 1 aromatic carbocycles. The molecule has 2 aromatic rings. The lowest BCUT2D eigenvalue weighted by Gasteiger charge is -2.28. The summed E-state index contributed by atoms with van der Waals surface area (Å²) in [7, 11) is 0. The number of rotatable bonds is 6. The maximum atomic E-state index is 11.8. The zero-order valence-corrected chi connectivity index (χ0v) is 16.3.